The van der Waals surface area contributed by atoms with Gasteiger partial charge in [0.25, 0.3) is 5.91 Å². The van der Waals surface area contributed by atoms with E-state index in [-0.39, 0.29) is 5.91 Å². The van der Waals surface area contributed by atoms with E-state index in [9.17, 15) is 4.79 Å². The molecule has 1 aliphatic rings. The number of rotatable bonds is 7. The number of aromatic nitrogens is 1. The van der Waals surface area contributed by atoms with Crippen LogP contribution in [0.1, 0.15) is 27.5 Å². The zero-order valence-corrected chi connectivity index (χ0v) is 16.3. The van der Waals surface area contributed by atoms with E-state index in [1.165, 1.54) is 0 Å². The molecule has 2 aromatic rings. The number of hydrogen-bond donors (Lipinski definition) is 1. The summed E-state index contributed by atoms with van der Waals surface area (Å²) < 4.78 is 11.3. The molecule has 0 saturated carbocycles. The standard InChI is InChI=1S/C19H25N3O3S/c1-13-21-16(12-26-13)11-25-17-5-4-15(8-18(17)24-3)19(23)22-7-6-14(10-22)9-20-2/h4-5,8,12,14,20H,6-7,9-11H2,1-3H3/t14-/m0/s1. The third-order valence-corrected chi connectivity index (χ3v) is 5.34. The maximum Gasteiger partial charge on any atom is 0.254 e. The van der Waals surface area contributed by atoms with Crippen LogP contribution in [-0.4, -0.2) is 49.6 Å². The van der Waals surface area contributed by atoms with Crippen molar-refractivity contribution in [2.24, 2.45) is 5.92 Å². The van der Waals surface area contributed by atoms with Gasteiger partial charge in [-0.15, -0.1) is 11.3 Å². The topological polar surface area (TPSA) is 63.7 Å². The Balaban J connectivity index is 1.67. The lowest BCUT2D eigenvalue weighted by molar-refractivity contribution is 0.0786. The highest BCUT2D eigenvalue weighted by Gasteiger charge is 2.27. The van der Waals surface area contributed by atoms with Crippen LogP contribution in [0, 0.1) is 12.8 Å². The van der Waals surface area contributed by atoms with Gasteiger partial charge < -0.3 is 19.7 Å². The number of likely N-dealkylation sites (tertiary alicyclic amines) is 1. The quantitative estimate of drug-likeness (QED) is 0.806. The minimum absolute atomic E-state index is 0.0450. The number of amides is 1. The summed E-state index contributed by atoms with van der Waals surface area (Å²) in [6.45, 7) is 4.88. The van der Waals surface area contributed by atoms with Crippen LogP contribution in [0.25, 0.3) is 0 Å². The molecule has 0 spiro atoms. The Labute approximate surface area is 158 Å². The lowest BCUT2D eigenvalue weighted by atomic mass is 10.1. The molecule has 1 aliphatic heterocycles. The molecule has 1 N–H and O–H groups in total. The summed E-state index contributed by atoms with van der Waals surface area (Å²) >= 11 is 1.60. The minimum atomic E-state index is 0.0450. The fourth-order valence-corrected chi connectivity index (χ4v) is 3.80. The Morgan fingerprint density at radius 3 is 2.96 bits per heavy atom. The van der Waals surface area contributed by atoms with E-state index in [2.05, 4.69) is 10.3 Å². The number of ether oxygens (including phenoxy) is 2. The van der Waals surface area contributed by atoms with Crippen molar-refractivity contribution >= 4 is 17.2 Å². The van der Waals surface area contributed by atoms with Gasteiger partial charge >= 0.3 is 0 Å². The molecule has 1 saturated heterocycles. The molecular formula is C19H25N3O3S. The largest absolute Gasteiger partial charge is 0.493 e. The monoisotopic (exact) mass is 375 g/mol. The van der Waals surface area contributed by atoms with Gasteiger partial charge in [-0.1, -0.05) is 0 Å². The van der Waals surface area contributed by atoms with Gasteiger partial charge in [0.05, 0.1) is 17.8 Å². The van der Waals surface area contributed by atoms with E-state index in [1.54, 1.807) is 36.6 Å². The number of nitrogens with zero attached hydrogens (tertiary/aromatic N) is 2. The number of thiazole rings is 1. The van der Waals surface area contributed by atoms with Gasteiger partial charge in [-0.2, -0.15) is 0 Å². The van der Waals surface area contributed by atoms with Crippen LogP contribution in [-0.2, 0) is 6.61 Å². The first-order valence-electron chi connectivity index (χ1n) is 8.76. The molecule has 7 heteroatoms. The maximum atomic E-state index is 12.8. The van der Waals surface area contributed by atoms with E-state index in [0.29, 0.717) is 29.6 Å². The predicted molar refractivity (Wildman–Crippen MR) is 102 cm³/mol. The molecule has 1 amide bonds. The highest BCUT2D eigenvalue weighted by atomic mass is 32.1. The molecule has 1 atom stereocenters. The minimum Gasteiger partial charge on any atom is -0.493 e. The zero-order valence-electron chi connectivity index (χ0n) is 15.4. The van der Waals surface area contributed by atoms with Crippen molar-refractivity contribution in [1.82, 2.24) is 15.2 Å². The second kappa shape index (κ2) is 8.51. The highest BCUT2D eigenvalue weighted by molar-refractivity contribution is 7.09. The normalized spacial score (nSPS) is 16.7. The Morgan fingerprint density at radius 2 is 2.27 bits per heavy atom. The fourth-order valence-electron chi connectivity index (χ4n) is 3.20. The van der Waals surface area contributed by atoms with E-state index >= 15 is 0 Å². The number of carbonyl (C=O) groups is 1. The summed E-state index contributed by atoms with van der Waals surface area (Å²) in [7, 11) is 3.53. The average molecular weight is 375 g/mol. The van der Waals surface area contributed by atoms with E-state index in [1.807, 2.05) is 24.3 Å². The smallest absolute Gasteiger partial charge is 0.254 e. The van der Waals surface area contributed by atoms with Gasteiger partial charge in [0, 0.05) is 24.0 Å². The van der Waals surface area contributed by atoms with Crippen LogP contribution in [0.2, 0.25) is 0 Å². The molecule has 0 unspecified atom stereocenters. The number of hydrogen-bond acceptors (Lipinski definition) is 6. The van der Waals surface area contributed by atoms with Crippen LogP contribution in [0.15, 0.2) is 23.6 Å². The average Bonchev–Trinajstić information content (AvgIpc) is 3.28. The molecule has 26 heavy (non-hydrogen) atoms. The van der Waals surface area contributed by atoms with Crippen LogP contribution >= 0.6 is 11.3 Å². The molecule has 1 aromatic carbocycles. The molecule has 6 nitrogen and oxygen atoms in total. The highest BCUT2D eigenvalue weighted by Crippen LogP contribution is 2.30. The number of methoxy groups -OCH3 is 1. The first kappa shape index (κ1) is 18.7. The first-order chi connectivity index (χ1) is 12.6. The van der Waals surface area contributed by atoms with Crippen molar-refractivity contribution in [3.8, 4) is 11.5 Å². The molecule has 0 aliphatic carbocycles. The van der Waals surface area contributed by atoms with Gasteiger partial charge in [0.1, 0.15) is 6.61 Å². The molecule has 0 radical (unpaired) electrons. The number of aryl methyl sites for hydroxylation is 1. The van der Waals surface area contributed by atoms with Crippen LogP contribution in [0.5, 0.6) is 11.5 Å². The van der Waals surface area contributed by atoms with E-state index in [0.717, 1.165) is 36.8 Å². The van der Waals surface area contributed by atoms with Gasteiger partial charge in [0.2, 0.25) is 0 Å². The van der Waals surface area contributed by atoms with Crippen molar-refractivity contribution in [3.05, 3.63) is 39.8 Å². The Morgan fingerprint density at radius 1 is 1.42 bits per heavy atom. The van der Waals surface area contributed by atoms with Gasteiger partial charge in [-0.25, -0.2) is 4.98 Å². The second-order valence-electron chi connectivity index (χ2n) is 6.48. The SMILES string of the molecule is CNC[C@@H]1CCN(C(=O)c2ccc(OCc3csc(C)n3)c(OC)c2)C1. The van der Waals surface area contributed by atoms with Gasteiger partial charge in [0.15, 0.2) is 11.5 Å². The molecule has 3 rings (SSSR count). The van der Waals surface area contributed by atoms with Crippen molar-refractivity contribution in [3.63, 3.8) is 0 Å². The Bertz CT molecular complexity index is 762. The zero-order chi connectivity index (χ0) is 18.5. The van der Waals surface area contributed by atoms with Crippen LogP contribution < -0.4 is 14.8 Å². The van der Waals surface area contributed by atoms with Crippen molar-refractivity contribution in [1.29, 1.82) is 0 Å². The lowest BCUT2D eigenvalue weighted by Gasteiger charge is -2.18. The second-order valence-corrected chi connectivity index (χ2v) is 7.54. The number of carbonyl (C=O) groups excluding carboxylic acids is 1. The summed E-state index contributed by atoms with van der Waals surface area (Å²) in [6, 6.07) is 5.36. The van der Waals surface area contributed by atoms with Crippen LogP contribution in [0.3, 0.4) is 0 Å². The molecular weight excluding hydrogens is 350 g/mol. The van der Waals surface area contributed by atoms with Gasteiger partial charge in [-0.3, -0.25) is 4.79 Å². The third kappa shape index (κ3) is 4.34. The van der Waals surface area contributed by atoms with E-state index < -0.39 is 0 Å². The molecule has 1 fully saturated rings. The van der Waals surface area contributed by atoms with Crippen molar-refractivity contribution in [2.45, 2.75) is 20.0 Å². The number of nitrogens with one attached hydrogen (secondary N) is 1. The van der Waals surface area contributed by atoms with E-state index in [4.69, 9.17) is 9.47 Å². The Kier molecular flexibility index (Phi) is 6.11. The summed E-state index contributed by atoms with van der Waals surface area (Å²) in [4.78, 5) is 19.1. The predicted octanol–water partition coefficient (Wildman–Crippen LogP) is 2.72. The molecule has 0 bridgehead atoms. The van der Waals surface area contributed by atoms with Crippen LogP contribution in [0.4, 0.5) is 0 Å². The summed E-state index contributed by atoms with van der Waals surface area (Å²) in [5.41, 5.74) is 1.52. The third-order valence-electron chi connectivity index (χ3n) is 4.52. The molecule has 140 valence electrons. The molecule has 2 heterocycles. The maximum absolute atomic E-state index is 12.8. The number of benzene rings is 1. The van der Waals surface area contributed by atoms with Crippen molar-refractivity contribution < 1.29 is 14.3 Å². The summed E-state index contributed by atoms with van der Waals surface area (Å²) in [6.07, 6.45) is 1.04. The Hall–Kier alpha value is -2.12. The molecule has 1 aromatic heterocycles. The fraction of sp³-hybridized carbons (Fsp3) is 0.474. The summed E-state index contributed by atoms with van der Waals surface area (Å²) in [5, 5.41) is 6.18. The van der Waals surface area contributed by atoms with Crippen molar-refractivity contribution in [2.75, 3.05) is 33.8 Å². The first-order valence-corrected chi connectivity index (χ1v) is 9.64. The lowest BCUT2D eigenvalue weighted by Crippen LogP contribution is -2.30. The van der Waals surface area contributed by atoms with Gasteiger partial charge in [-0.05, 0) is 51.1 Å². The summed E-state index contributed by atoms with van der Waals surface area (Å²) in [5.74, 6) is 1.75.